The van der Waals surface area contributed by atoms with Crippen LogP contribution in [-0.4, -0.2) is 19.4 Å². The molecule has 140 valence electrons. The molecule has 3 aromatic carbocycles. The van der Waals surface area contributed by atoms with Crippen LogP contribution in [0.2, 0.25) is 0 Å². The van der Waals surface area contributed by atoms with Crippen molar-refractivity contribution in [3.8, 4) is 16.9 Å². The van der Waals surface area contributed by atoms with Crippen molar-refractivity contribution < 1.29 is 18.3 Å². The number of rotatable bonds is 4. The van der Waals surface area contributed by atoms with E-state index in [9.17, 15) is 8.78 Å². The lowest BCUT2D eigenvalue weighted by Gasteiger charge is -2.11. The normalized spacial score (nSPS) is 15.7. The fourth-order valence-corrected chi connectivity index (χ4v) is 2.77. The molecule has 4 rings (SSSR count). The third-order valence-corrected chi connectivity index (χ3v) is 4.20. The zero-order chi connectivity index (χ0) is 18.9. The van der Waals surface area contributed by atoms with Gasteiger partial charge in [-0.2, -0.15) is 0 Å². The lowest BCUT2D eigenvalue weighted by atomic mass is 10.0. The van der Waals surface area contributed by atoms with Gasteiger partial charge in [-0.25, -0.2) is 8.78 Å². The molecule has 27 heavy (non-hydrogen) atoms. The fraction of sp³-hybridized carbons (Fsp3) is 0.217. The van der Waals surface area contributed by atoms with Gasteiger partial charge >= 0.3 is 0 Å². The largest absolute Gasteiger partial charge is 0.486 e. The van der Waals surface area contributed by atoms with Gasteiger partial charge in [-0.05, 0) is 28.8 Å². The molecular weight excluding hydrogens is 346 g/mol. The minimum absolute atomic E-state index is 0.278. The van der Waals surface area contributed by atoms with Gasteiger partial charge in [0.1, 0.15) is 12.8 Å². The molecule has 1 aliphatic rings. The number of alkyl halides is 1. The van der Waals surface area contributed by atoms with Gasteiger partial charge in [0, 0.05) is 13.0 Å². The first kappa shape index (κ1) is 19.1. The Balaban J connectivity index is 0.000000299. The molecular formula is C23H22F2O2. The van der Waals surface area contributed by atoms with Crippen LogP contribution in [0, 0.1) is 5.82 Å². The molecule has 0 spiro atoms. The minimum atomic E-state index is -0.676. The first-order chi connectivity index (χ1) is 13.2. The summed E-state index contributed by atoms with van der Waals surface area (Å²) in [5.41, 5.74) is 3.27. The summed E-state index contributed by atoms with van der Waals surface area (Å²) in [6.07, 6.45) is -0.0787. The van der Waals surface area contributed by atoms with E-state index < -0.39 is 6.17 Å². The SMILES string of the molecule is FC1CCOC1.Fc1ccccc1OCc1ccccc1-c1ccccc1. The summed E-state index contributed by atoms with van der Waals surface area (Å²) in [5.74, 6) is -0.0601. The van der Waals surface area contributed by atoms with Crippen LogP contribution >= 0.6 is 0 Å². The number of hydrogen-bond acceptors (Lipinski definition) is 2. The molecule has 0 N–H and O–H groups in total. The average Bonchev–Trinajstić information content (AvgIpc) is 3.20. The summed E-state index contributed by atoms with van der Waals surface area (Å²) in [7, 11) is 0. The van der Waals surface area contributed by atoms with E-state index in [-0.39, 0.29) is 11.6 Å². The Kier molecular flexibility index (Phi) is 6.94. The third-order valence-electron chi connectivity index (χ3n) is 4.20. The lowest BCUT2D eigenvalue weighted by Crippen LogP contribution is -1.99. The van der Waals surface area contributed by atoms with Crippen molar-refractivity contribution in [2.24, 2.45) is 0 Å². The summed E-state index contributed by atoms with van der Waals surface area (Å²) in [5, 5.41) is 0. The number of hydrogen-bond donors (Lipinski definition) is 0. The van der Waals surface area contributed by atoms with Crippen LogP contribution in [0.1, 0.15) is 12.0 Å². The summed E-state index contributed by atoms with van der Waals surface area (Å²) in [4.78, 5) is 0. The number of benzene rings is 3. The second-order valence-electron chi connectivity index (χ2n) is 6.20. The van der Waals surface area contributed by atoms with Gasteiger partial charge in [0.2, 0.25) is 0 Å². The third kappa shape index (κ3) is 5.63. The van der Waals surface area contributed by atoms with Gasteiger partial charge in [0.25, 0.3) is 0 Å². The molecule has 0 bridgehead atoms. The van der Waals surface area contributed by atoms with Crippen LogP contribution in [0.25, 0.3) is 11.1 Å². The zero-order valence-corrected chi connectivity index (χ0v) is 15.0. The summed E-state index contributed by atoms with van der Waals surface area (Å²) >= 11 is 0. The van der Waals surface area contributed by atoms with Gasteiger partial charge in [-0.1, -0.05) is 66.7 Å². The van der Waals surface area contributed by atoms with Crippen molar-refractivity contribution in [2.75, 3.05) is 13.2 Å². The predicted molar refractivity (Wildman–Crippen MR) is 103 cm³/mol. The monoisotopic (exact) mass is 368 g/mol. The number of halogens is 2. The molecule has 2 nitrogen and oxygen atoms in total. The van der Waals surface area contributed by atoms with Crippen LogP contribution < -0.4 is 4.74 Å². The van der Waals surface area contributed by atoms with Crippen LogP contribution in [0.3, 0.4) is 0 Å². The Morgan fingerprint density at radius 2 is 1.59 bits per heavy atom. The van der Waals surface area contributed by atoms with Crippen molar-refractivity contribution in [1.82, 2.24) is 0 Å². The Morgan fingerprint density at radius 3 is 2.26 bits per heavy atom. The highest BCUT2D eigenvalue weighted by molar-refractivity contribution is 5.67. The molecule has 0 radical (unpaired) electrons. The highest BCUT2D eigenvalue weighted by atomic mass is 19.1. The van der Waals surface area contributed by atoms with Crippen molar-refractivity contribution in [1.29, 1.82) is 0 Å². The molecule has 0 saturated carbocycles. The van der Waals surface area contributed by atoms with Crippen LogP contribution in [0.4, 0.5) is 8.78 Å². The summed E-state index contributed by atoms with van der Waals surface area (Å²) in [6, 6.07) is 24.6. The van der Waals surface area contributed by atoms with Crippen molar-refractivity contribution in [3.05, 3.63) is 90.2 Å². The van der Waals surface area contributed by atoms with Gasteiger partial charge in [0.15, 0.2) is 11.6 Å². The maximum Gasteiger partial charge on any atom is 0.165 e. The van der Waals surface area contributed by atoms with E-state index in [2.05, 4.69) is 22.9 Å². The van der Waals surface area contributed by atoms with E-state index >= 15 is 0 Å². The van der Waals surface area contributed by atoms with Crippen LogP contribution in [-0.2, 0) is 11.3 Å². The molecule has 0 aromatic heterocycles. The second-order valence-corrected chi connectivity index (χ2v) is 6.20. The van der Waals surface area contributed by atoms with Gasteiger partial charge in [-0.15, -0.1) is 0 Å². The molecule has 1 aliphatic heterocycles. The predicted octanol–water partition coefficient (Wildman–Crippen LogP) is 5.82. The molecule has 1 heterocycles. The quantitative estimate of drug-likeness (QED) is 0.578. The highest BCUT2D eigenvalue weighted by Gasteiger charge is 2.12. The lowest BCUT2D eigenvalue weighted by molar-refractivity contribution is 0.173. The minimum Gasteiger partial charge on any atom is -0.486 e. The first-order valence-electron chi connectivity index (χ1n) is 8.96. The maximum absolute atomic E-state index is 13.6. The molecule has 1 atom stereocenters. The van der Waals surface area contributed by atoms with E-state index in [1.807, 2.05) is 36.4 Å². The highest BCUT2D eigenvalue weighted by Crippen LogP contribution is 2.25. The standard InChI is InChI=1S/C19H15FO.C4H7FO/c20-18-12-6-7-13-19(18)21-14-16-10-4-5-11-17(16)15-8-2-1-3-9-15;5-4-1-2-6-3-4/h1-13H,14H2;4H,1-3H2. The van der Waals surface area contributed by atoms with E-state index in [1.54, 1.807) is 18.2 Å². The summed E-state index contributed by atoms with van der Waals surface area (Å²) < 4.78 is 35.7. The van der Waals surface area contributed by atoms with Crippen LogP contribution in [0.5, 0.6) is 5.75 Å². The smallest absolute Gasteiger partial charge is 0.165 e. The number of para-hydroxylation sites is 1. The van der Waals surface area contributed by atoms with Crippen molar-refractivity contribution >= 4 is 0 Å². The summed E-state index contributed by atoms with van der Waals surface area (Å²) in [6.45, 7) is 1.27. The first-order valence-corrected chi connectivity index (χ1v) is 8.96. The van der Waals surface area contributed by atoms with Gasteiger partial charge < -0.3 is 9.47 Å². The van der Waals surface area contributed by atoms with Gasteiger partial charge in [0.05, 0.1) is 6.61 Å². The molecule has 4 heteroatoms. The Morgan fingerprint density at radius 1 is 0.889 bits per heavy atom. The topological polar surface area (TPSA) is 18.5 Å². The molecule has 1 saturated heterocycles. The zero-order valence-electron chi connectivity index (χ0n) is 15.0. The van der Waals surface area contributed by atoms with E-state index in [0.29, 0.717) is 26.2 Å². The Labute approximate surface area is 158 Å². The van der Waals surface area contributed by atoms with Crippen LogP contribution in [0.15, 0.2) is 78.9 Å². The molecule has 0 amide bonds. The van der Waals surface area contributed by atoms with Crippen molar-refractivity contribution in [3.63, 3.8) is 0 Å². The van der Waals surface area contributed by atoms with Gasteiger partial charge in [-0.3, -0.25) is 0 Å². The Bertz CT molecular complexity index is 831. The second kappa shape index (κ2) is 9.83. The molecule has 1 fully saturated rings. The van der Waals surface area contributed by atoms with E-state index in [4.69, 9.17) is 4.74 Å². The Hall–Kier alpha value is -2.72. The number of ether oxygens (including phenoxy) is 2. The van der Waals surface area contributed by atoms with E-state index in [1.165, 1.54) is 6.07 Å². The molecule has 1 unspecified atom stereocenters. The molecule has 0 aliphatic carbocycles. The van der Waals surface area contributed by atoms with Crippen molar-refractivity contribution in [2.45, 2.75) is 19.2 Å². The maximum atomic E-state index is 13.6. The average molecular weight is 368 g/mol. The fourth-order valence-electron chi connectivity index (χ4n) is 2.77. The van der Waals surface area contributed by atoms with E-state index in [0.717, 1.165) is 16.7 Å². The molecule has 3 aromatic rings.